The van der Waals surface area contributed by atoms with Crippen molar-refractivity contribution in [2.24, 2.45) is 0 Å². The van der Waals surface area contributed by atoms with Crippen LogP contribution in [0.2, 0.25) is 0 Å². The molecule has 0 heterocycles. The first-order valence-electron chi connectivity index (χ1n) is 7.47. The summed E-state index contributed by atoms with van der Waals surface area (Å²) in [7, 11) is 0. The van der Waals surface area contributed by atoms with Gasteiger partial charge in [-0.25, -0.2) is 0 Å². The molecule has 0 spiro atoms. The number of aliphatic hydroxyl groups excluding tert-OH is 1. The third kappa shape index (κ3) is 3.85. The van der Waals surface area contributed by atoms with Crippen molar-refractivity contribution in [3.8, 4) is 0 Å². The molecule has 1 unspecified atom stereocenters. The lowest BCUT2D eigenvalue weighted by atomic mass is 9.86. The number of anilines is 1. The summed E-state index contributed by atoms with van der Waals surface area (Å²) in [4.78, 5) is 0. The SMILES string of the molecule is CC(Nc1ccccc1CO)c1ccc(C(C)(C)C)cc1. The van der Waals surface area contributed by atoms with Crippen LogP contribution in [-0.4, -0.2) is 5.11 Å². The Morgan fingerprint density at radius 1 is 1.00 bits per heavy atom. The molecular weight excluding hydrogens is 258 g/mol. The van der Waals surface area contributed by atoms with Gasteiger partial charge in [0.15, 0.2) is 0 Å². The van der Waals surface area contributed by atoms with Gasteiger partial charge in [0.1, 0.15) is 0 Å². The normalized spacial score (nSPS) is 13.0. The molecule has 0 aliphatic heterocycles. The third-order valence-electron chi connectivity index (χ3n) is 3.84. The zero-order chi connectivity index (χ0) is 15.5. The van der Waals surface area contributed by atoms with Gasteiger partial charge in [0, 0.05) is 17.3 Å². The molecule has 2 aromatic rings. The van der Waals surface area contributed by atoms with Crippen LogP contribution in [0.15, 0.2) is 48.5 Å². The maximum absolute atomic E-state index is 9.39. The van der Waals surface area contributed by atoms with E-state index in [4.69, 9.17) is 0 Å². The molecule has 112 valence electrons. The zero-order valence-corrected chi connectivity index (χ0v) is 13.4. The minimum Gasteiger partial charge on any atom is -0.392 e. The van der Waals surface area contributed by atoms with E-state index in [0.717, 1.165) is 11.3 Å². The Hall–Kier alpha value is -1.80. The van der Waals surface area contributed by atoms with Crippen molar-refractivity contribution in [1.82, 2.24) is 0 Å². The monoisotopic (exact) mass is 283 g/mol. The van der Waals surface area contributed by atoms with Crippen molar-refractivity contribution in [3.63, 3.8) is 0 Å². The molecule has 2 rings (SSSR count). The van der Waals surface area contributed by atoms with E-state index in [1.807, 2.05) is 24.3 Å². The van der Waals surface area contributed by atoms with Gasteiger partial charge in [-0.2, -0.15) is 0 Å². The van der Waals surface area contributed by atoms with E-state index in [0.29, 0.717) is 0 Å². The summed E-state index contributed by atoms with van der Waals surface area (Å²) in [6.45, 7) is 8.86. The molecule has 21 heavy (non-hydrogen) atoms. The van der Waals surface area contributed by atoms with E-state index < -0.39 is 0 Å². The lowest BCUT2D eigenvalue weighted by Crippen LogP contribution is -2.12. The van der Waals surface area contributed by atoms with Gasteiger partial charge in [0.2, 0.25) is 0 Å². The van der Waals surface area contributed by atoms with Crippen LogP contribution in [0.5, 0.6) is 0 Å². The molecule has 0 bridgehead atoms. The van der Waals surface area contributed by atoms with Crippen LogP contribution in [0.4, 0.5) is 5.69 Å². The van der Waals surface area contributed by atoms with Crippen molar-refractivity contribution in [2.45, 2.75) is 45.8 Å². The molecule has 2 heteroatoms. The Kier molecular flexibility index (Phi) is 4.69. The lowest BCUT2D eigenvalue weighted by Gasteiger charge is -2.21. The van der Waals surface area contributed by atoms with Gasteiger partial charge in [-0.1, -0.05) is 63.2 Å². The van der Waals surface area contributed by atoms with Gasteiger partial charge < -0.3 is 10.4 Å². The standard InChI is InChI=1S/C19H25NO/c1-14(20-18-8-6-5-7-16(18)13-21)15-9-11-17(12-10-15)19(2,3)4/h5-12,14,20-21H,13H2,1-4H3. The summed E-state index contributed by atoms with van der Waals surface area (Å²) in [5, 5.41) is 12.9. The predicted molar refractivity (Wildman–Crippen MR) is 89.5 cm³/mol. The second-order valence-electron chi connectivity index (χ2n) is 6.55. The number of hydrogen-bond donors (Lipinski definition) is 2. The van der Waals surface area contributed by atoms with E-state index in [-0.39, 0.29) is 18.1 Å². The van der Waals surface area contributed by atoms with Crippen LogP contribution in [-0.2, 0) is 12.0 Å². The zero-order valence-electron chi connectivity index (χ0n) is 13.4. The minimum atomic E-state index is 0.0544. The highest BCUT2D eigenvalue weighted by Gasteiger charge is 2.14. The molecule has 0 saturated heterocycles. The van der Waals surface area contributed by atoms with E-state index >= 15 is 0 Å². The number of para-hydroxylation sites is 1. The summed E-state index contributed by atoms with van der Waals surface area (Å²) in [5.41, 5.74) is 4.69. The van der Waals surface area contributed by atoms with Gasteiger partial charge >= 0.3 is 0 Å². The molecule has 1 atom stereocenters. The molecule has 0 aliphatic rings. The summed E-state index contributed by atoms with van der Waals surface area (Å²) in [6.07, 6.45) is 0. The summed E-state index contributed by atoms with van der Waals surface area (Å²) in [5.74, 6) is 0. The first-order valence-corrected chi connectivity index (χ1v) is 7.47. The fourth-order valence-electron chi connectivity index (χ4n) is 2.39. The van der Waals surface area contributed by atoms with E-state index in [2.05, 4.69) is 57.3 Å². The van der Waals surface area contributed by atoms with E-state index in [1.54, 1.807) is 0 Å². The molecule has 0 fully saturated rings. The van der Waals surface area contributed by atoms with Crippen LogP contribution >= 0.6 is 0 Å². The van der Waals surface area contributed by atoms with Crippen molar-refractivity contribution in [2.75, 3.05) is 5.32 Å². The van der Waals surface area contributed by atoms with Gasteiger partial charge in [-0.15, -0.1) is 0 Å². The van der Waals surface area contributed by atoms with Crippen LogP contribution in [0, 0.1) is 0 Å². The first-order chi connectivity index (χ1) is 9.91. The largest absolute Gasteiger partial charge is 0.392 e. The van der Waals surface area contributed by atoms with Gasteiger partial charge in [-0.05, 0) is 29.5 Å². The predicted octanol–water partition coefficient (Wildman–Crippen LogP) is 4.65. The highest BCUT2D eigenvalue weighted by atomic mass is 16.3. The average Bonchev–Trinajstić information content (AvgIpc) is 2.47. The Labute approximate surface area is 127 Å². The molecule has 2 N–H and O–H groups in total. The summed E-state index contributed by atoms with van der Waals surface area (Å²) < 4.78 is 0. The molecular formula is C19H25NO. The molecule has 2 aromatic carbocycles. The van der Waals surface area contributed by atoms with E-state index in [1.165, 1.54) is 11.1 Å². The lowest BCUT2D eigenvalue weighted by molar-refractivity contribution is 0.282. The molecule has 2 nitrogen and oxygen atoms in total. The number of nitrogens with one attached hydrogen (secondary N) is 1. The maximum atomic E-state index is 9.39. The fourth-order valence-corrected chi connectivity index (χ4v) is 2.39. The topological polar surface area (TPSA) is 32.3 Å². The molecule has 0 aliphatic carbocycles. The Morgan fingerprint density at radius 2 is 1.62 bits per heavy atom. The summed E-state index contributed by atoms with van der Waals surface area (Å²) >= 11 is 0. The molecule has 0 amide bonds. The van der Waals surface area contributed by atoms with Crippen LogP contribution in [0.3, 0.4) is 0 Å². The highest BCUT2D eigenvalue weighted by molar-refractivity contribution is 5.52. The quantitative estimate of drug-likeness (QED) is 0.856. The average molecular weight is 283 g/mol. The first kappa shape index (κ1) is 15.6. The Morgan fingerprint density at radius 3 is 2.19 bits per heavy atom. The molecule has 0 aromatic heterocycles. The van der Waals surface area contributed by atoms with Crippen LogP contribution in [0.25, 0.3) is 0 Å². The fraction of sp³-hybridized carbons (Fsp3) is 0.368. The van der Waals surface area contributed by atoms with Crippen molar-refractivity contribution in [1.29, 1.82) is 0 Å². The van der Waals surface area contributed by atoms with Gasteiger partial charge in [0.25, 0.3) is 0 Å². The second kappa shape index (κ2) is 6.31. The van der Waals surface area contributed by atoms with Gasteiger partial charge in [-0.3, -0.25) is 0 Å². The highest BCUT2D eigenvalue weighted by Crippen LogP contribution is 2.26. The number of rotatable bonds is 4. The molecule has 0 radical (unpaired) electrons. The molecule has 0 saturated carbocycles. The minimum absolute atomic E-state index is 0.0544. The van der Waals surface area contributed by atoms with Crippen molar-refractivity contribution in [3.05, 3.63) is 65.2 Å². The summed E-state index contributed by atoms with van der Waals surface area (Å²) in [6, 6.07) is 16.8. The van der Waals surface area contributed by atoms with Crippen LogP contribution < -0.4 is 5.32 Å². The van der Waals surface area contributed by atoms with Crippen molar-refractivity contribution < 1.29 is 5.11 Å². The third-order valence-corrected chi connectivity index (χ3v) is 3.84. The van der Waals surface area contributed by atoms with Crippen LogP contribution in [0.1, 0.15) is 50.4 Å². The number of benzene rings is 2. The Bertz CT molecular complexity index is 581. The van der Waals surface area contributed by atoms with Gasteiger partial charge in [0.05, 0.1) is 6.61 Å². The second-order valence-corrected chi connectivity index (χ2v) is 6.55. The Balaban J connectivity index is 2.15. The smallest absolute Gasteiger partial charge is 0.0701 e. The number of aliphatic hydroxyl groups is 1. The number of hydrogen-bond acceptors (Lipinski definition) is 2. The van der Waals surface area contributed by atoms with Crippen molar-refractivity contribution >= 4 is 5.69 Å². The maximum Gasteiger partial charge on any atom is 0.0701 e. The van der Waals surface area contributed by atoms with E-state index in [9.17, 15) is 5.11 Å².